The lowest BCUT2D eigenvalue weighted by Crippen LogP contribution is -2.35. The summed E-state index contributed by atoms with van der Waals surface area (Å²) in [5.74, 6) is 0.214. The maximum atomic E-state index is 12.6. The van der Waals surface area contributed by atoms with Gasteiger partial charge in [-0.1, -0.05) is 31.5 Å². The lowest BCUT2D eigenvalue weighted by Gasteiger charge is -2.24. The SMILES string of the molecule is CCCCN(c1ccccc1)S(=O)(=O)CCCNC1CC1. The molecule has 4 nitrogen and oxygen atoms in total. The molecule has 0 unspecified atom stereocenters. The van der Waals surface area contributed by atoms with Gasteiger partial charge in [-0.25, -0.2) is 8.42 Å². The molecule has 5 heteroatoms. The summed E-state index contributed by atoms with van der Waals surface area (Å²) >= 11 is 0. The van der Waals surface area contributed by atoms with Gasteiger partial charge in [0.15, 0.2) is 0 Å². The second-order valence-corrected chi connectivity index (χ2v) is 7.67. The van der Waals surface area contributed by atoms with Crippen molar-refractivity contribution in [3.63, 3.8) is 0 Å². The molecule has 1 aromatic carbocycles. The highest BCUT2D eigenvalue weighted by Crippen LogP contribution is 2.20. The Labute approximate surface area is 128 Å². The molecule has 0 saturated heterocycles. The lowest BCUT2D eigenvalue weighted by molar-refractivity contribution is 0.581. The van der Waals surface area contributed by atoms with Crippen molar-refractivity contribution < 1.29 is 8.42 Å². The first-order chi connectivity index (χ1) is 10.1. The summed E-state index contributed by atoms with van der Waals surface area (Å²) in [5.41, 5.74) is 0.779. The number of para-hydroxylation sites is 1. The number of benzene rings is 1. The summed E-state index contributed by atoms with van der Waals surface area (Å²) in [5, 5.41) is 3.37. The van der Waals surface area contributed by atoms with Crippen LogP contribution in [-0.4, -0.2) is 33.3 Å². The largest absolute Gasteiger partial charge is 0.314 e. The quantitative estimate of drug-likeness (QED) is 0.676. The summed E-state index contributed by atoms with van der Waals surface area (Å²) in [7, 11) is -3.23. The average molecular weight is 310 g/mol. The Hall–Kier alpha value is -1.07. The van der Waals surface area contributed by atoms with Crippen LogP contribution in [-0.2, 0) is 10.0 Å². The van der Waals surface area contributed by atoms with Crippen LogP contribution in [0.1, 0.15) is 39.0 Å². The Kier molecular flexibility index (Phi) is 6.06. The number of unbranched alkanes of at least 4 members (excludes halogenated alkanes) is 1. The number of hydrogen-bond acceptors (Lipinski definition) is 3. The summed E-state index contributed by atoms with van der Waals surface area (Å²) in [4.78, 5) is 0. The second kappa shape index (κ2) is 7.80. The van der Waals surface area contributed by atoms with Crippen LogP contribution in [0.5, 0.6) is 0 Å². The Balaban J connectivity index is 1.95. The topological polar surface area (TPSA) is 49.4 Å². The number of sulfonamides is 1. The smallest absolute Gasteiger partial charge is 0.235 e. The van der Waals surface area contributed by atoms with Gasteiger partial charge in [0, 0.05) is 12.6 Å². The van der Waals surface area contributed by atoms with Gasteiger partial charge >= 0.3 is 0 Å². The van der Waals surface area contributed by atoms with E-state index < -0.39 is 10.0 Å². The molecule has 0 amide bonds. The van der Waals surface area contributed by atoms with Crippen molar-refractivity contribution in [3.05, 3.63) is 30.3 Å². The minimum Gasteiger partial charge on any atom is -0.314 e. The Morgan fingerprint density at radius 3 is 2.52 bits per heavy atom. The van der Waals surface area contributed by atoms with E-state index >= 15 is 0 Å². The van der Waals surface area contributed by atoms with Crippen molar-refractivity contribution in [2.24, 2.45) is 0 Å². The maximum absolute atomic E-state index is 12.6. The van der Waals surface area contributed by atoms with Crippen LogP contribution in [0.4, 0.5) is 5.69 Å². The highest BCUT2D eigenvalue weighted by molar-refractivity contribution is 7.92. The van der Waals surface area contributed by atoms with Gasteiger partial charge in [0.25, 0.3) is 0 Å². The molecule has 21 heavy (non-hydrogen) atoms. The fourth-order valence-corrected chi connectivity index (χ4v) is 3.86. The van der Waals surface area contributed by atoms with Crippen LogP contribution in [0.25, 0.3) is 0 Å². The van der Waals surface area contributed by atoms with Gasteiger partial charge in [0.2, 0.25) is 10.0 Å². The van der Waals surface area contributed by atoms with Gasteiger partial charge in [-0.2, -0.15) is 0 Å². The molecule has 1 N–H and O–H groups in total. The standard InChI is InChI=1S/C16H26N2O2S/c1-2-3-13-18(16-8-5-4-6-9-16)21(19,20)14-7-12-17-15-10-11-15/h4-6,8-9,15,17H,2-3,7,10-14H2,1H3. The van der Waals surface area contributed by atoms with Gasteiger partial charge < -0.3 is 5.32 Å². The van der Waals surface area contributed by atoms with Crippen LogP contribution in [0.15, 0.2) is 30.3 Å². The third-order valence-corrected chi connectivity index (χ3v) is 5.55. The first-order valence-corrected chi connectivity index (χ1v) is 9.53. The van der Waals surface area contributed by atoms with Gasteiger partial charge in [0.1, 0.15) is 0 Å². The molecule has 0 aliphatic heterocycles. The minimum absolute atomic E-state index is 0.214. The Bertz CT molecular complexity index is 512. The molecule has 0 spiro atoms. The molecule has 118 valence electrons. The van der Waals surface area contributed by atoms with Crippen molar-refractivity contribution in [1.82, 2.24) is 5.32 Å². The fraction of sp³-hybridized carbons (Fsp3) is 0.625. The highest BCUT2D eigenvalue weighted by Gasteiger charge is 2.23. The van der Waals surface area contributed by atoms with E-state index in [9.17, 15) is 8.42 Å². The van der Waals surface area contributed by atoms with Crippen molar-refractivity contribution in [2.75, 3.05) is 23.1 Å². The van der Waals surface area contributed by atoms with Crippen LogP contribution in [0, 0.1) is 0 Å². The average Bonchev–Trinajstić information content (AvgIpc) is 3.29. The third kappa shape index (κ3) is 5.32. The number of nitrogens with one attached hydrogen (secondary N) is 1. The summed E-state index contributed by atoms with van der Waals surface area (Å²) in [6, 6.07) is 10.1. The monoisotopic (exact) mass is 310 g/mol. The Morgan fingerprint density at radius 2 is 1.90 bits per heavy atom. The molecule has 0 bridgehead atoms. The number of nitrogens with zero attached hydrogens (tertiary/aromatic N) is 1. The third-order valence-electron chi connectivity index (χ3n) is 3.68. The second-order valence-electron chi connectivity index (χ2n) is 5.66. The highest BCUT2D eigenvalue weighted by atomic mass is 32.2. The van der Waals surface area contributed by atoms with Crippen molar-refractivity contribution in [1.29, 1.82) is 0 Å². The predicted octanol–water partition coefficient (Wildman–Crippen LogP) is 2.77. The van der Waals surface area contributed by atoms with Gasteiger partial charge in [-0.3, -0.25) is 4.31 Å². The maximum Gasteiger partial charge on any atom is 0.235 e. The van der Waals surface area contributed by atoms with E-state index in [0.717, 1.165) is 25.1 Å². The first-order valence-electron chi connectivity index (χ1n) is 7.92. The number of hydrogen-bond donors (Lipinski definition) is 1. The molecule has 0 heterocycles. The molecule has 1 aliphatic rings. The molecule has 1 aliphatic carbocycles. The van der Waals surface area contributed by atoms with Crippen LogP contribution >= 0.6 is 0 Å². The van der Waals surface area contributed by atoms with E-state index in [2.05, 4.69) is 12.2 Å². The van der Waals surface area contributed by atoms with E-state index in [0.29, 0.717) is 19.0 Å². The molecule has 1 fully saturated rings. The molecule has 0 aromatic heterocycles. The van der Waals surface area contributed by atoms with E-state index in [1.54, 1.807) is 4.31 Å². The van der Waals surface area contributed by atoms with Gasteiger partial charge in [0.05, 0.1) is 11.4 Å². The molecule has 1 aromatic rings. The van der Waals surface area contributed by atoms with E-state index in [4.69, 9.17) is 0 Å². The van der Waals surface area contributed by atoms with Crippen LogP contribution < -0.4 is 9.62 Å². The van der Waals surface area contributed by atoms with Crippen molar-refractivity contribution in [2.45, 2.75) is 45.1 Å². The molecule has 2 rings (SSSR count). The van der Waals surface area contributed by atoms with Gasteiger partial charge in [-0.15, -0.1) is 0 Å². The van der Waals surface area contributed by atoms with E-state index in [1.807, 2.05) is 30.3 Å². The van der Waals surface area contributed by atoms with Crippen LogP contribution in [0.3, 0.4) is 0 Å². The fourth-order valence-electron chi connectivity index (χ4n) is 2.28. The number of rotatable bonds is 10. The summed E-state index contributed by atoms with van der Waals surface area (Å²) in [6.45, 7) is 3.44. The molecule has 1 saturated carbocycles. The molecule has 0 atom stereocenters. The van der Waals surface area contributed by atoms with E-state index in [1.165, 1.54) is 12.8 Å². The summed E-state index contributed by atoms with van der Waals surface area (Å²) in [6.07, 6.45) is 5.02. The zero-order chi connectivity index (χ0) is 15.1. The molecule has 0 radical (unpaired) electrons. The molecular weight excluding hydrogens is 284 g/mol. The zero-order valence-electron chi connectivity index (χ0n) is 12.8. The zero-order valence-corrected chi connectivity index (χ0v) is 13.6. The first kappa shape index (κ1) is 16.3. The van der Waals surface area contributed by atoms with Crippen LogP contribution in [0.2, 0.25) is 0 Å². The summed E-state index contributed by atoms with van der Waals surface area (Å²) < 4.78 is 26.8. The number of anilines is 1. The van der Waals surface area contributed by atoms with Crippen molar-refractivity contribution in [3.8, 4) is 0 Å². The molecular formula is C16H26N2O2S. The predicted molar refractivity (Wildman–Crippen MR) is 88.1 cm³/mol. The van der Waals surface area contributed by atoms with Crippen molar-refractivity contribution >= 4 is 15.7 Å². The normalized spacial score (nSPS) is 15.1. The van der Waals surface area contributed by atoms with Gasteiger partial charge in [-0.05, 0) is 44.4 Å². The van der Waals surface area contributed by atoms with E-state index in [-0.39, 0.29) is 5.75 Å². The lowest BCUT2D eigenvalue weighted by atomic mass is 10.3. The Morgan fingerprint density at radius 1 is 1.19 bits per heavy atom. The minimum atomic E-state index is -3.23.